The molecular formula is C23H24FN3O2. The molecule has 150 valence electrons. The highest BCUT2D eigenvalue weighted by molar-refractivity contribution is 6.03. The van der Waals surface area contributed by atoms with Crippen LogP contribution in [-0.4, -0.2) is 10.5 Å². The zero-order valence-electron chi connectivity index (χ0n) is 16.5. The normalized spacial score (nSPS) is 13.8. The predicted octanol–water partition coefficient (Wildman–Crippen LogP) is 4.71. The van der Waals surface area contributed by atoms with Crippen LogP contribution in [0.4, 0.5) is 15.9 Å². The number of pyridine rings is 1. The third-order valence-corrected chi connectivity index (χ3v) is 5.16. The van der Waals surface area contributed by atoms with Crippen molar-refractivity contribution in [3.63, 3.8) is 0 Å². The molecule has 1 saturated carbocycles. The van der Waals surface area contributed by atoms with Gasteiger partial charge in [-0.2, -0.15) is 0 Å². The average Bonchev–Trinajstić information content (AvgIpc) is 3.47. The summed E-state index contributed by atoms with van der Waals surface area (Å²) in [6.45, 7) is 3.95. The van der Waals surface area contributed by atoms with Gasteiger partial charge in [-0.1, -0.05) is 32.0 Å². The number of nitrogens with one attached hydrogen (secondary N) is 1. The number of fused-ring (bicyclic) bond motifs is 1. The molecule has 0 radical (unpaired) electrons. The van der Waals surface area contributed by atoms with Crippen LogP contribution in [-0.2, 0) is 4.79 Å². The Bertz CT molecular complexity index is 1160. The van der Waals surface area contributed by atoms with Crippen molar-refractivity contribution in [3.05, 3.63) is 58.6 Å². The van der Waals surface area contributed by atoms with E-state index in [4.69, 9.17) is 5.73 Å². The quantitative estimate of drug-likeness (QED) is 0.659. The van der Waals surface area contributed by atoms with Gasteiger partial charge in [0.2, 0.25) is 5.91 Å². The number of benzene rings is 2. The molecule has 2 aromatic carbocycles. The Kier molecular flexibility index (Phi) is 4.86. The van der Waals surface area contributed by atoms with Crippen molar-refractivity contribution >= 4 is 28.2 Å². The number of carbonyl (C=O) groups excluding carboxylic acids is 1. The van der Waals surface area contributed by atoms with E-state index in [1.54, 1.807) is 34.9 Å². The fourth-order valence-corrected chi connectivity index (χ4v) is 3.74. The second kappa shape index (κ2) is 7.35. The summed E-state index contributed by atoms with van der Waals surface area (Å²) >= 11 is 0. The van der Waals surface area contributed by atoms with E-state index in [0.717, 1.165) is 12.8 Å². The van der Waals surface area contributed by atoms with Crippen LogP contribution in [0.1, 0.15) is 39.2 Å². The lowest BCUT2D eigenvalue weighted by Crippen LogP contribution is -2.23. The van der Waals surface area contributed by atoms with Gasteiger partial charge in [0.25, 0.3) is 5.56 Å². The molecule has 0 atom stereocenters. The van der Waals surface area contributed by atoms with Crippen LogP contribution in [0.3, 0.4) is 0 Å². The number of amides is 1. The van der Waals surface area contributed by atoms with Crippen LogP contribution >= 0.6 is 0 Å². The first-order valence-corrected chi connectivity index (χ1v) is 9.88. The Balaban J connectivity index is 1.91. The largest absolute Gasteiger partial charge is 0.384 e. The number of nitrogens with zero attached hydrogens (tertiary/aromatic N) is 1. The first-order chi connectivity index (χ1) is 13.8. The van der Waals surface area contributed by atoms with Crippen molar-refractivity contribution in [1.82, 2.24) is 4.57 Å². The molecule has 1 aliphatic rings. The highest BCUT2D eigenvalue weighted by atomic mass is 19.1. The van der Waals surface area contributed by atoms with Gasteiger partial charge in [0, 0.05) is 23.7 Å². The molecule has 5 nitrogen and oxygen atoms in total. The third kappa shape index (κ3) is 3.75. The van der Waals surface area contributed by atoms with Gasteiger partial charge in [0.15, 0.2) is 0 Å². The highest BCUT2D eigenvalue weighted by Crippen LogP contribution is 2.41. The van der Waals surface area contributed by atoms with Gasteiger partial charge >= 0.3 is 0 Å². The number of anilines is 2. The van der Waals surface area contributed by atoms with E-state index < -0.39 is 0 Å². The number of carbonyl (C=O) groups is 1. The first kappa shape index (κ1) is 19.2. The Morgan fingerprint density at radius 3 is 2.62 bits per heavy atom. The smallest absolute Gasteiger partial charge is 0.260 e. The predicted molar refractivity (Wildman–Crippen MR) is 114 cm³/mol. The van der Waals surface area contributed by atoms with Gasteiger partial charge in [-0.15, -0.1) is 0 Å². The number of hydrogen-bond donors (Lipinski definition) is 2. The van der Waals surface area contributed by atoms with Crippen LogP contribution in [0.15, 0.2) is 47.3 Å². The third-order valence-electron chi connectivity index (χ3n) is 5.16. The Morgan fingerprint density at radius 2 is 1.97 bits per heavy atom. The van der Waals surface area contributed by atoms with Crippen molar-refractivity contribution in [1.29, 1.82) is 0 Å². The molecule has 3 N–H and O–H groups in total. The van der Waals surface area contributed by atoms with Crippen LogP contribution < -0.4 is 16.6 Å². The number of aromatic nitrogens is 1. The number of nitrogens with two attached hydrogens (primary N) is 1. The molecule has 6 heteroatoms. The summed E-state index contributed by atoms with van der Waals surface area (Å²) in [5.74, 6) is 0.133. The molecule has 3 aromatic rings. The molecule has 1 amide bonds. The molecule has 0 bridgehead atoms. The number of nitrogen functional groups attached to an aromatic ring is 1. The molecule has 1 aromatic heterocycles. The molecule has 1 fully saturated rings. The lowest BCUT2D eigenvalue weighted by atomic mass is 9.98. The van der Waals surface area contributed by atoms with Gasteiger partial charge < -0.3 is 11.1 Å². The lowest BCUT2D eigenvalue weighted by Gasteiger charge is -2.17. The van der Waals surface area contributed by atoms with Gasteiger partial charge in [-0.05, 0) is 54.0 Å². The molecule has 29 heavy (non-hydrogen) atoms. The maximum Gasteiger partial charge on any atom is 0.260 e. The second-order valence-electron chi connectivity index (χ2n) is 8.08. The Morgan fingerprint density at radius 1 is 1.21 bits per heavy atom. The standard InChI is InChI=1S/C23H24FN3O2/c1-13(2)10-20(28)26-16-6-9-18-19(12-16)23(29)27(17-7-8-17)22(25)21(18)14-4-3-5-15(24)11-14/h3-6,9,11-13,17H,7-8,10,25H2,1-2H3,(H,26,28). The van der Waals surface area contributed by atoms with Gasteiger partial charge in [-0.25, -0.2) is 4.39 Å². The minimum atomic E-state index is -0.364. The SMILES string of the molecule is CC(C)CC(=O)Nc1ccc2c(-c3cccc(F)c3)c(N)n(C3CC3)c(=O)c2c1. The van der Waals surface area contributed by atoms with E-state index in [2.05, 4.69) is 5.32 Å². The van der Waals surface area contributed by atoms with Crippen molar-refractivity contribution in [2.75, 3.05) is 11.1 Å². The number of rotatable bonds is 5. The van der Waals surface area contributed by atoms with E-state index in [1.165, 1.54) is 12.1 Å². The summed E-state index contributed by atoms with van der Waals surface area (Å²) in [4.78, 5) is 25.3. The summed E-state index contributed by atoms with van der Waals surface area (Å²) in [6, 6.07) is 11.5. The molecule has 0 aliphatic heterocycles. The van der Waals surface area contributed by atoms with E-state index in [-0.39, 0.29) is 29.2 Å². The Hall–Kier alpha value is -3.15. The van der Waals surface area contributed by atoms with E-state index >= 15 is 0 Å². The summed E-state index contributed by atoms with van der Waals surface area (Å²) in [7, 11) is 0. The van der Waals surface area contributed by atoms with Crippen molar-refractivity contribution in [2.45, 2.75) is 39.2 Å². The fourth-order valence-electron chi connectivity index (χ4n) is 3.74. The molecule has 4 rings (SSSR count). The van der Waals surface area contributed by atoms with E-state index in [1.807, 2.05) is 13.8 Å². The van der Waals surface area contributed by atoms with E-state index in [9.17, 15) is 14.0 Å². The van der Waals surface area contributed by atoms with Gasteiger partial charge in [0.1, 0.15) is 11.6 Å². The lowest BCUT2D eigenvalue weighted by molar-refractivity contribution is -0.116. The van der Waals surface area contributed by atoms with Crippen molar-refractivity contribution in [3.8, 4) is 11.1 Å². The average molecular weight is 393 g/mol. The first-order valence-electron chi connectivity index (χ1n) is 9.88. The topological polar surface area (TPSA) is 77.1 Å². The minimum Gasteiger partial charge on any atom is -0.384 e. The fraction of sp³-hybridized carbons (Fsp3) is 0.304. The van der Waals surface area contributed by atoms with Gasteiger partial charge in [0.05, 0.1) is 5.39 Å². The van der Waals surface area contributed by atoms with Crippen LogP contribution in [0, 0.1) is 11.7 Å². The summed E-state index contributed by atoms with van der Waals surface area (Å²) in [5.41, 5.74) is 8.07. The summed E-state index contributed by atoms with van der Waals surface area (Å²) in [6.07, 6.45) is 2.19. The van der Waals surface area contributed by atoms with Crippen LogP contribution in [0.2, 0.25) is 0 Å². The maximum absolute atomic E-state index is 13.9. The zero-order chi connectivity index (χ0) is 20.7. The summed E-state index contributed by atoms with van der Waals surface area (Å²) in [5, 5.41) is 3.98. The number of hydrogen-bond acceptors (Lipinski definition) is 3. The van der Waals surface area contributed by atoms with Crippen LogP contribution in [0.25, 0.3) is 21.9 Å². The van der Waals surface area contributed by atoms with E-state index in [0.29, 0.717) is 39.8 Å². The Labute approximate surface area is 168 Å². The van der Waals surface area contributed by atoms with Crippen LogP contribution in [0.5, 0.6) is 0 Å². The molecule has 1 aliphatic carbocycles. The molecule has 0 spiro atoms. The molecular weight excluding hydrogens is 369 g/mol. The molecule has 0 unspecified atom stereocenters. The van der Waals surface area contributed by atoms with Crippen molar-refractivity contribution < 1.29 is 9.18 Å². The second-order valence-corrected chi connectivity index (χ2v) is 8.08. The minimum absolute atomic E-state index is 0.0680. The summed E-state index contributed by atoms with van der Waals surface area (Å²) < 4.78 is 15.5. The van der Waals surface area contributed by atoms with Gasteiger partial charge in [-0.3, -0.25) is 14.2 Å². The van der Waals surface area contributed by atoms with Crippen molar-refractivity contribution in [2.24, 2.45) is 5.92 Å². The molecule has 0 saturated heterocycles. The number of halogens is 1. The highest BCUT2D eigenvalue weighted by Gasteiger charge is 2.29. The zero-order valence-corrected chi connectivity index (χ0v) is 16.5. The maximum atomic E-state index is 13.9. The molecule has 1 heterocycles. The monoisotopic (exact) mass is 393 g/mol.